The second kappa shape index (κ2) is 21.4. The van der Waals surface area contributed by atoms with Gasteiger partial charge in [-0.3, -0.25) is 4.79 Å². The number of oxime groups is 1. The van der Waals surface area contributed by atoms with Gasteiger partial charge in [-0.15, -0.1) is 0 Å². The number of hydrogen-bond donors (Lipinski definition) is 10. The Hall–Kier alpha value is -1.66. The van der Waals surface area contributed by atoms with Crippen LogP contribution >= 0.6 is 0 Å². The van der Waals surface area contributed by atoms with Crippen molar-refractivity contribution in [2.75, 3.05) is 52.9 Å². The Bertz CT molecular complexity index is 908. The Morgan fingerprint density at radius 2 is 1.60 bits per heavy atom. The molecule has 2 fully saturated rings. The van der Waals surface area contributed by atoms with E-state index in [1.54, 1.807) is 6.92 Å². The van der Waals surface area contributed by atoms with Crippen LogP contribution in [0.15, 0.2) is 5.16 Å². The number of rotatable bonds is 21. The minimum Gasteiger partial charge on any atom is -0.394 e. The molecule has 0 aromatic heterocycles. The lowest BCUT2D eigenvalue weighted by atomic mass is 9.89. The molecule has 19 nitrogen and oxygen atoms in total. The summed E-state index contributed by atoms with van der Waals surface area (Å²) >= 11 is 0. The number of aliphatic hydroxyl groups is 7. The van der Waals surface area contributed by atoms with Crippen LogP contribution in [-0.2, 0) is 38.1 Å². The molecule has 19 heteroatoms. The lowest BCUT2D eigenvalue weighted by Gasteiger charge is -2.48. The highest BCUT2D eigenvalue weighted by Crippen LogP contribution is 2.31. The van der Waals surface area contributed by atoms with Crippen molar-refractivity contribution in [3.05, 3.63) is 0 Å². The molecule has 2 saturated heterocycles. The number of nitrogens with zero attached hydrogens (tertiary/aromatic N) is 1. The molecule has 2 aliphatic rings. The second-order valence-electron chi connectivity index (χ2n) is 11.4. The number of ether oxygens (including phenoxy) is 6. The number of carbonyl (C=O) groups is 1. The topological polar surface area (TPSA) is 300 Å². The molecule has 0 bridgehead atoms. The quantitative estimate of drug-likeness (QED) is 0.0307. The van der Waals surface area contributed by atoms with Gasteiger partial charge < -0.3 is 85.8 Å². The Morgan fingerprint density at radius 3 is 2.19 bits per heavy atom. The molecule has 12 N–H and O–H groups in total. The van der Waals surface area contributed by atoms with Crippen molar-refractivity contribution in [2.24, 2.45) is 22.5 Å². The van der Waals surface area contributed by atoms with Gasteiger partial charge in [-0.25, -0.2) is 0 Å². The van der Waals surface area contributed by atoms with E-state index in [0.717, 1.165) is 19.6 Å². The first-order chi connectivity index (χ1) is 22.4. The number of amides is 1. The zero-order valence-corrected chi connectivity index (χ0v) is 27.0. The molecule has 0 spiro atoms. The predicted octanol–water partition coefficient (Wildman–Crippen LogP) is -5.13. The minimum atomic E-state index is -1.73. The highest BCUT2D eigenvalue weighted by Gasteiger charge is 2.51. The van der Waals surface area contributed by atoms with Crippen molar-refractivity contribution in [3.63, 3.8) is 0 Å². The molecule has 0 aromatic carbocycles. The standard InChI is InChI=1S/C28H54N4O15/c1-4-5-41-6-7-42-8-9-43-31-10-16(29)23(39)25(17(37)11-33)46-28-21(32-15(3)36)24(40)26(19(13-35)45-28)47-27-20(30)22(38)14(2)18(12-34)44-27/h10,14,16-28,33-35,37-40H,4-9,11-13,29-30H2,1-3H3,(H,32,36)/b31-10-. The zero-order valence-electron chi connectivity index (χ0n) is 27.0. The Balaban J connectivity index is 2.12. The molecule has 0 aromatic rings. The van der Waals surface area contributed by atoms with Crippen LogP contribution in [0.5, 0.6) is 0 Å². The summed E-state index contributed by atoms with van der Waals surface area (Å²) in [5, 5.41) is 79.0. The number of carbonyl (C=O) groups excluding carboxylic acids is 1. The van der Waals surface area contributed by atoms with E-state index in [1.165, 1.54) is 0 Å². The second-order valence-corrected chi connectivity index (χ2v) is 11.4. The van der Waals surface area contributed by atoms with Gasteiger partial charge in [-0.05, 0) is 6.42 Å². The van der Waals surface area contributed by atoms with Gasteiger partial charge in [0.1, 0.15) is 49.3 Å². The first-order valence-electron chi connectivity index (χ1n) is 15.7. The average Bonchev–Trinajstić information content (AvgIpc) is 3.05. The van der Waals surface area contributed by atoms with Crippen molar-refractivity contribution in [3.8, 4) is 0 Å². The van der Waals surface area contributed by atoms with Crippen molar-refractivity contribution < 1.29 is 73.8 Å². The highest BCUT2D eigenvalue weighted by molar-refractivity contribution is 5.73. The number of aliphatic hydroxyl groups excluding tert-OH is 7. The highest BCUT2D eigenvalue weighted by atomic mass is 16.7. The third-order valence-electron chi connectivity index (χ3n) is 7.77. The molecule has 2 heterocycles. The maximum Gasteiger partial charge on any atom is 0.217 e. The molecule has 47 heavy (non-hydrogen) atoms. The lowest BCUT2D eigenvalue weighted by molar-refractivity contribution is -0.336. The summed E-state index contributed by atoms with van der Waals surface area (Å²) in [6.07, 6.45) is -12.6. The molecule has 0 aliphatic carbocycles. The summed E-state index contributed by atoms with van der Waals surface area (Å²) in [6.45, 7) is 4.41. The first kappa shape index (κ1) is 41.5. The monoisotopic (exact) mass is 686 g/mol. The van der Waals surface area contributed by atoms with Gasteiger partial charge in [0.2, 0.25) is 5.91 Å². The van der Waals surface area contributed by atoms with Crippen LogP contribution in [0.3, 0.4) is 0 Å². The van der Waals surface area contributed by atoms with Crippen LogP contribution in [-0.4, -0.2) is 180 Å². The molecule has 14 atom stereocenters. The van der Waals surface area contributed by atoms with E-state index in [4.69, 9.17) is 44.7 Å². The van der Waals surface area contributed by atoms with E-state index < -0.39 is 111 Å². The number of hydrogen-bond acceptors (Lipinski definition) is 18. The fraction of sp³-hybridized carbons (Fsp3) is 0.929. The van der Waals surface area contributed by atoms with Gasteiger partial charge in [0.15, 0.2) is 12.6 Å². The average molecular weight is 687 g/mol. The van der Waals surface area contributed by atoms with E-state index in [-0.39, 0.29) is 13.2 Å². The fourth-order valence-electron chi connectivity index (χ4n) is 5.04. The smallest absolute Gasteiger partial charge is 0.217 e. The zero-order chi connectivity index (χ0) is 35.1. The van der Waals surface area contributed by atoms with Gasteiger partial charge >= 0.3 is 0 Å². The molecule has 0 saturated carbocycles. The van der Waals surface area contributed by atoms with Crippen LogP contribution in [0, 0.1) is 5.92 Å². The fourth-order valence-corrected chi connectivity index (χ4v) is 5.04. The van der Waals surface area contributed by atoms with Gasteiger partial charge in [-0.2, -0.15) is 0 Å². The number of nitrogens with one attached hydrogen (secondary N) is 1. The van der Waals surface area contributed by atoms with E-state index in [9.17, 15) is 40.5 Å². The molecule has 2 rings (SSSR count). The molecule has 1 amide bonds. The first-order valence-corrected chi connectivity index (χ1v) is 15.7. The van der Waals surface area contributed by atoms with Crippen LogP contribution in [0.25, 0.3) is 0 Å². The van der Waals surface area contributed by atoms with Crippen molar-refractivity contribution in [2.45, 2.75) is 107 Å². The lowest BCUT2D eigenvalue weighted by Crippen LogP contribution is -2.68. The third-order valence-corrected chi connectivity index (χ3v) is 7.77. The Labute approximate surface area is 273 Å². The number of nitrogens with two attached hydrogens (primary N) is 2. The summed E-state index contributed by atoms with van der Waals surface area (Å²) in [5.74, 6) is -1.18. The van der Waals surface area contributed by atoms with Crippen molar-refractivity contribution >= 4 is 12.1 Å². The van der Waals surface area contributed by atoms with Gasteiger partial charge in [0, 0.05) is 19.4 Å². The molecule has 0 radical (unpaired) electrons. The summed E-state index contributed by atoms with van der Waals surface area (Å²) < 4.78 is 33.8. The maximum atomic E-state index is 12.1. The van der Waals surface area contributed by atoms with E-state index >= 15 is 0 Å². The van der Waals surface area contributed by atoms with Crippen LogP contribution in [0.1, 0.15) is 27.2 Å². The maximum absolute atomic E-state index is 12.1. The van der Waals surface area contributed by atoms with E-state index in [0.29, 0.717) is 19.8 Å². The van der Waals surface area contributed by atoms with Crippen molar-refractivity contribution in [1.82, 2.24) is 5.32 Å². The molecule has 276 valence electrons. The molecular weight excluding hydrogens is 632 g/mol. The summed E-state index contributed by atoms with van der Waals surface area (Å²) in [6, 6.07) is -3.85. The van der Waals surface area contributed by atoms with Gasteiger partial charge in [0.25, 0.3) is 0 Å². The third kappa shape index (κ3) is 12.3. The Kier molecular flexibility index (Phi) is 18.9. The normalized spacial score (nSPS) is 34.1. The summed E-state index contributed by atoms with van der Waals surface area (Å²) in [4.78, 5) is 17.2. The van der Waals surface area contributed by atoms with Gasteiger partial charge in [-0.1, -0.05) is 19.0 Å². The van der Waals surface area contributed by atoms with E-state index in [1.807, 2.05) is 6.92 Å². The van der Waals surface area contributed by atoms with Crippen LogP contribution in [0.2, 0.25) is 0 Å². The summed E-state index contributed by atoms with van der Waals surface area (Å²) in [7, 11) is 0. The van der Waals surface area contributed by atoms with E-state index in [2.05, 4.69) is 10.5 Å². The van der Waals surface area contributed by atoms with Crippen LogP contribution < -0.4 is 16.8 Å². The molecule has 14 unspecified atom stereocenters. The largest absolute Gasteiger partial charge is 0.394 e. The minimum absolute atomic E-state index is 0.0692. The molecular formula is C28H54N4O15. The molecule has 2 aliphatic heterocycles. The Morgan fingerprint density at radius 1 is 0.979 bits per heavy atom. The summed E-state index contributed by atoms with van der Waals surface area (Å²) in [5.41, 5.74) is 12.1. The van der Waals surface area contributed by atoms with Crippen LogP contribution in [0.4, 0.5) is 0 Å². The van der Waals surface area contributed by atoms with Gasteiger partial charge in [0.05, 0.1) is 70.1 Å². The predicted molar refractivity (Wildman–Crippen MR) is 161 cm³/mol. The SMILES string of the molecule is CCCOCCOCCO/N=C\C(N)C(O)C(OC1OC(CO)C(OC2OC(CO)C(C)C(O)C2N)C(O)C1NC(C)=O)C(O)CO. The van der Waals surface area contributed by atoms with Crippen molar-refractivity contribution in [1.29, 1.82) is 0 Å².